The summed E-state index contributed by atoms with van der Waals surface area (Å²) in [4.78, 5) is 38.2. The highest BCUT2D eigenvalue weighted by Gasteiger charge is 2.49. The van der Waals surface area contributed by atoms with E-state index in [0.29, 0.717) is 44.6 Å². The molecule has 4 aliphatic rings. The average Bonchev–Trinajstić information content (AvgIpc) is 3.77. The van der Waals surface area contributed by atoms with Crippen molar-refractivity contribution in [2.45, 2.75) is 37.2 Å². The lowest BCUT2D eigenvalue weighted by Crippen LogP contribution is -2.60. The third-order valence-electron chi connectivity index (χ3n) is 8.75. The number of aromatic nitrogens is 2. The Morgan fingerprint density at radius 1 is 1.13 bits per heavy atom. The van der Waals surface area contributed by atoms with Crippen LogP contribution in [0.5, 0.6) is 0 Å². The molecule has 7 nitrogen and oxygen atoms in total. The lowest BCUT2D eigenvalue weighted by Gasteiger charge is -2.50. The fourth-order valence-electron chi connectivity index (χ4n) is 6.60. The van der Waals surface area contributed by atoms with E-state index in [2.05, 4.69) is 34.4 Å². The van der Waals surface area contributed by atoms with Crippen LogP contribution in [0.2, 0.25) is 0 Å². The normalized spacial score (nSPS) is 20.7. The summed E-state index contributed by atoms with van der Waals surface area (Å²) in [6, 6.07) is 9.53. The Bertz CT molecular complexity index is 1550. The standard InChI is InChI=1S/C30H32FN5O2S/c1-3-24(37)33-10-12-34(13-11-33)28-23-14-19(2)25(20-4-6-21(31)7-5-20)27-26(23)36(29(38)32-28)17-30(18-39-27)15-35(16-30)22-8-9-22/h3-7,14,22H,1,8-13,15-18H2,2H3. The molecule has 0 atom stereocenters. The van der Waals surface area contributed by atoms with Crippen molar-refractivity contribution in [3.8, 4) is 11.1 Å². The van der Waals surface area contributed by atoms with E-state index < -0.39 is 0 Å². The molecule has 0 N–H and O–H groups in total. The summed E-state index contributed by atoms with van der Waals surface area (Å²) in [6.07, 6.45) is 3.91. The van der Waals surface area contributed by atoms with Gasteiger partial charge in [-0.05, 0) is 55.2 Å². The van der Waals surface area contributed by atoms with Crippen LogP contribution < -0.4 is 10.6 Å². The molecule has 9 heteroatoms. The number of carbonyl (C=O) groups excluding carboxylic acids is 1. The van der Waals surface area contributed by atoms with E-state index in [-0.39, 0.29) is 22.8 Å². The van der Waals surface area contributed by atoms with Gasteiger partial charge < -0.3 is 9.80 Å². The van der Waals surface area contributed by atoms with Crippen molar-refractivity contribution in [3.05, 3.63) is 64.9 Å². The molecule has 4 heterocycles. The number of benzene rings is 2. The molecule has 202 valence electrons. The minimum Gasteiger partial charge on any atom is -0.352 e. The first-order valence-electron chi connectivity index (χ1n) is 13.7. The number of rotatable bonds is 4. The Hall–Kier alpha value is -3.17. The van der Waals surface area contributed by atoms with E-state index in [0.717, 1.165) is 51.3 Å². The molecule has 7 rings (SSSR count). The van der Waals surface area contributed by atoms with Crippen molar-refractivity contribution in [2.24, 2.45) is 5.41 Å². The van der Waals surface area contributed by atoms with Crippen molar-refractivity contribution in [1.29, 1.82) is 0 Å². The van der Waals surface area contributed by atoms with E-state index >= 15 is 0 Å². The Balaban J connectivity index is 1.37. The zero-order valence-corrected chi connectivity index (χ0v) is 23.0. The van der Waals surface area contributed by atoms with Crippen LogP contribution in [0.25, 0.3) is 22.0 Å². The predicted octanol–water partition coefficient (Wildman–Crippen LogP) is 3.92. The average molecular weight is 546 g/mol. The Morgan fingerprint density at radius 2 is 1.85 bits per heavy atom. The molecule has 1 aliphatic carbocycles. The monoisotopic (exact) mass is 545 g/mol. The third kappa shape index (κ3) is 4.17. The highest BCUT2D eigenvalue weighted by atomic mass is 32.2. The second kappa shape index (κ2) is 9.20. The SMILES string of the molecule is C=CC(=O)N1CCN(c2nc(=O)n3c4c(c(-c5ccc(F)cc5)c(C)cc24)SCC2(CN(C4CC4)C2)C3)CC1. The van der Waals surface area contributed by atoms with Gasteiger partial charge in [-0.2, -0.15) is 4.98 Å². The maximum atomic E-state index is 13.9. The first-order chi connectivity index (χ1) is 18.9. The number of nitrogens with zero attached hydrogens (tertiary/aromatic N) is 5. The minimum atomic E-state index is -0.262. The highest BCUT2D eigenvalue weighted by molar-refractivity contribution is 7.99. The van der Waals surface area contributed by atoms with Gasteiger partial charge in [0.15, 0.2) is 0 Å². The van der Waals surface area contributed by atoms with Gasteiger partial charge in [-0.25, -0.2) is 9.18 Å². The molecule has 0 radical (unpaired) electrons. The first kappa shape index (κ1) is 24.8. The van der Waals surface area contributed by atoms with Crippen molar-refractivity contribution in [2.75, 3.05) is 49.9 Å². The Morgan fingerprint density at radius 3 is 2.51 bits per heavy atom. The lowest BCUT2D eigenvalue weighted by atomic mass is 9.81. The van der Waals surface area contributed by atoms with Gasteiger partial charge in [-0.1, -0.05) is 18.7 Å². The van der Waals surface area contributed by atoms with Crippen molar-refractivity contribution in [3.63, 3.8) is 0 Å². The molecule has 1 amide bonds. The van der Waals surface area contributed by atoms with Gasteiger partial charge in [0.05, 0.1) is 5.52 Å². The molecule has 0 unspecified atom stereocenters. The van der Waals surface area contributed by atoms with E-state index in [4.69, 9.17) is 0 Å². The molecule has 1 spiro atoms. The number of carbonyl (C=O) groups is 1. The van der Waals surface area contributed by atoms with Crippen LogP contribution in [0.15, 0.2) is 52.7 Å². The van der Waals surface area contributed by atoms with E-state index in [1.54, 1.807) is 4.90 Å². The summed E-state index contributed by atoms with van der Waals surface area (Å²) >= 11 is 1.84. The lowest BCUT2D eigenvalue weighted by molar-refractivity contribution is -0.126. The van der Waals surface area contributed by atoms with Gasteiger partial charge in [0.1, 0.15) is 11.6 Å². The fourth-order valence-corrected chi connectivity index (χ4v) is 8.11. The number of hydrogen-bond acceptors (Lipinski definition) is 6. The molecular weight excluding hydrogens is 513 g/mol. The van der Waals surface area contributed by atoms with Gasteiger partial charge >= 0.3 is 5.69 Å². The summed E-state index contributed by atoms with van der Waals surface area (Å²) in [5.74, 6) is 1.29. The van der Waals surface area contributed by atoms with Gasteiger partial charge in [0.25, 0.3) is 0 Å². The molecule has 3 aromatic rings. The van der Waals surface area contributed by atoms with Crippen LogP contribution in [0.3, 0.4) is 0 Å². The summed E-state index contributed by atoms with van der Waals surface area (Å²) in [7, 11) is 0. The molecule has 1 aromatic heterocycles. The largest absolute Gasteiger partial charge is 0.352 e. The molecule has 2 aromatic carbocycles. The van der Waals surface area contributed by atoms with Crippen LogP contribution >= 0.6 is 11.8 Å². The third-order valence-corrected chi connectivity index (χ3v) is 10.2. The summed E-state index contributed by atoms with van der Waals surface area (Å²) in [6.45, 7) is 10.7. The Kier molecular flexibility index (Phi) is 5.86. The van der Waals surface area contributed by atoms with Gasteiger partial charge in [0, 0.05) is 78.9 Å². The summed E-state index contributed by atoms with van der Waals surface area (Å²) in [5, 5.41) is 0.972. The smallest absolute Gasteiger partial charge is 0.350 e. The maximum Gasteiger partial charge on any atom is 0.350 e. The van der Waals surface area contributed by atoms with E-state index in [1.165, 1.54) is 31.1 Å². The van der Waals surface area contributed by atoms with Crippen molar-refractivity contribution < 1.29 is 9.18 Å². The second-order valence-corrected chi connectivity index (χ2v) is 12.5. The minimum absolute atomic E-state index is 0.0386. The molecule has 3 fully saturated rings. The molecule has 1 saturated carbocycles. The van der Waals surface area contributed by atoms with Crippen molar-refractivity contribution >= 4 is 34.4 Å². The van der Waals surface area contributed by atoms with E-state index in [9.17, 15) is 14.0 Å². The van der Waals surface area contributed by atoms with Crippen LogP contribution in [0.4, 0.5) is 10.2 Å². The number of amides is 1. The fraction of sp³-hybridized carbons (Fsp3) is 0.433. The van der Waals surface area contributed by atoms with E-state index in [1.807, 2.05) is 28.5 Å². The second-order valence-electron chi connectivity index (χ2n) is 11.5. The summed E-state index contributed by atoms with van der Waals surface area (Å²) in [5.41, 5.74) is 3.85. The molecule has 2 saturated heterocycles. The van der Waals surface area contributed by atoms with Gasteiger partial charge in [-0.15, -0.1) is 11.8 Å². The van der Waals surface area contributed by atoms with Crippen LogP contribution in [-0.4, -0.2) is 76.3 Å². The highest BCUT2D eigenvalue weighted by Crippen LogP contribution is 2.50. The summed E-state index contributed by atoms with van der Waals surface area (Å²) < 4.78 is 15.8. The number of hydrogen-bond donors (Lipinski definition) is 0. The number of thioether (sulfide) groups is 1. The van der Waals surface area contributed by atoms with Crippen LogP contribution in [-0.2, 0) is 11.3 Å². The Labute approximate surface area is 231 Å². The number of halogens is 1. The molecule has 3 aliphatic heterocycles. The number of anilines is 1. The molecule has 0 bridgehead atoms. The van der Waals surface area contributed by atoms with Gasteiger partial charge in [-0.3, -0.25) is 14.3 Å². The van der Waals surface area contributed by atoms with Crippen LogP contribution in [0.1, 0.15) is 18.4 Å². The number of likely N-dealkylation sites (tertiary alicyclic amines) is 1. The van der Waals surface area contributed by atoms with Crippen LogP contribution in [0, 0.1) is 18.2 Å². The maximum absolute atomic E-state index is 13.9. The van der Waals surface area contributed by atoms with Crippen molar-refractivity contribution in [1.82, 2.24) is 19.4 Å². The zero-order chi connectivity index (χ0) is 26.9. The predicted molar refractivity (Wildman–Crippen MR) is 153 cm³/mol. The zero-order valence-electron chi connectivity index (χ0n) is 22.2. The number of aryl methyl sites for hydroxylation is 1. The first-order valence-corrected chi connectivity index (χ1v) is 14.7. The number of piperazine rings is 1. The van der Waals surface area contributed by atoms with Gasteiger partial charge in [0.2, 0.25) is 5.91 Å². The topological polar surface area (TPSA) is 61.7 Å². The molecule has 39 heavy (non-hydrogen) atoms. The molecular formula is C30H32FN5O2S. The quantitative estimate of drug-likeness (QED) is 0.464.